The van der Waals surface area contributed by atoms with Gasteiger partial charge in [-0.15, -0.1) is 0 Å². The quantitative estimate of drug-likeness (QED) is 0.636. The summed E-state index contributed by atoms with van der Waals surface area (Å²) in [7, 11) is 0. The Morgan fingerprint density at radius 1 is 1.42 bits per heavy atom. The van der Waals surface area contributed by atoms with E-state index < -0.39 is 0 Å². The van der Waals surface area contributed by atoms with Gasteiger partial charge in [0.1, 0.15) is 6.61 Å². The van der Waals surface area contributed by atoms with E-state index in [4.69, 9.17) is 14.2 Å². The van der Waals surface area contributed by atoms with Crippen molar-refractivity contribution in [2.75, 3.05) is 26.4 Å². The number of carbonyl (C=O) groups is 1. The number of hydrogen-bond acceptors (Lipinski definition) is 4. The van der Waals surface area contributed by atoms with Crippen molar-refractivity contribution in [3.05, 3.63) is 12.2 Å². The van der Waals surface area contributed by atoms with Gasteiger partial charge in [-0.2, -0.15) is 0 Å². The number of carbonyl (C=O) groups excluding carboxylic acids is 1. The first kappa shape index (κ1) is 16.3. The molecule has 0 aromatic heterocycles. The normalized spacial score (nSPS) is 20.9. The first-order valence-corrected chi connectivity index (χ1v) is 7.06. The fraction of sp³-hybridized carbons (Fsp3) is 0.800. The lowest BCUT2D eigenvalue weighted by Gasteiger charge is -2.27. The van der Waals surface area contributed by atoms with E-state index in [-0.39, 0.29) is 24.1 Å². The van der Waals surface area contributed by atoms with Crippen LogP contribution in [0.5, 0.6) is 0 Å². The molecule has 0 N–H and O–H groups in total. The Bertz CT molecular complexity index is 291. The van der Waals surface area contributed by atoms with Crippen LogP contribution in [0.15, 0.2) is 12.2 Å². The molecular formula is C15H26O4. The molecule has 110 valence electrons. The van der Waals surface area contributed by atoms with Crippen molar-refractivity contribution < 1.29 is 19.0 Å². The number of ketones is 1. The van der Waals surface area contributed by atoms with Crippen LogP contribution in [-0.4, -0.2) is 38.5 Å². The van der Waals surface area contributed by atoms with Gasteiger partial charge >= 0.3 is 0 Å². The van der Waals surface area contributed by atoms with Crippen LogP contribution in [0, 0.1) is 5.41 Å². The summed E-state index contributed by atoms with van der Waals surface area (Å²) in [6.45, 7) is 8.00. The summed E-state index contributed by atoms with van der Waals surface area (Å²) in [4.78, 5) is 11.5. The van der Waals surface area contributed by atoms with E-state index in [2.05, 4.69) is 0 Å². The monoisotopic (exact) mass is 270 g/mol. The largest absolute Gasteiger partial charge is 0.374 e. The van der Waals surface area contributed by atoms with Crippen LogP contribution in [0.1, 0.15) is 40.0 Å². The topological polar surface area (TPSA) is 44.8 Å². The standard InChI is InChI=1S/C15H26O4/c1-4-17-11-13(16)8-9-15(2,3)12-19-14-7-5-6-10-18-14/h8-9,14H,4-7,10-12H2,1-3H3/b9-8+. The van der Waals surface area contributed by atoms with Gasteiger partial charge in [0.05, 0.1) is 6.61 Å². The maximum atomic E-state index is 11.5. The molecular weight excluding hydrogens is 244 g/mol. The van der Waals surface area contributed by atoms with Gasteiger partial charge < -0.3 is 14.2 Å². The van der Waals surface area contributed by atoms with Gasteiger partial charge in [0, 0.05) is 18.6 Å². The Hall–Kier alpha value is -0.710. The number of rotatable bonds is 8. The SMILES string of the molecule is CCOCC(=O)/C=C/C(C)(C)COC1CCCCO1. The van der Waals surface area contributed by atoms with E-state index in [1.165, 1.54) is 0 Å². The molecule has 0 saturated carbocycles. The minimum atomic E-state index is -0.178. The average Bonchev–Trinajstić information content (AvgIpc) is 2.42. The Labute approximate surface area is 116 Å². The lowest BCUT2D eigenvalue weighted by Crippen LogP contribution is -2.27. The first-order valence-electron chi connectivity index (χ1n) is 7.06. The average molecular weight is 270 g/mol. The molecule has 1 aliphatic rings. The lowest BCUT2D eigenvalue weighted by molar-refractivity contribution is -0.172. The van der Waals surface area contributed by atoms with Crippen LogP contribution in [0.3, 0.4) is 0 Å². The molecule has 0 radical (unpaired) electrons. The second kappa shape index (κ2) is 8.46. The second-order valence-corrected chi connectivity index (χ2v) is 5.53. The van der Waals surface area contributed by atoms with Crippen LogP contribution in [0.2, 0.25) is 0 Å². The van der Waals surface area contributed by atoms with Crippen molar-refractivity contribution in [1.82, 2.24) is 0 Å². The Kier molecular flexibility index (Phi) is 7.28. The number of hydrogen-bond donors (Lipinski definition) is 0. The molecule has 0 bridgehead atoms. The van der Waals surface area contributed by atoms with Gasteiger partial charge in [-0.1, -0.05) is 19.9 Å². The second-order valence-electron chi connectivity index (χ2n) is 5.53. The van der Waals surface area contributed by atoms with Crippen molar-refractivity contribution in [3.63, 3.8) is 0 Å². The van der Waals surface area contributed by atoms with E-state index in [9.17, 15) is 4.79 Å². The van der Waals surface area contributed by atoms with Crippen LogP contribution >= 0.6 is 0 Å². The fourth-order valence-corrected chi connectivity index (χ4v) is 1.77. The molecule has 1 heterocycles. The molecule has 4 nitrogen and oxygen atoms in total. The van der Waals surface area contributed by atoms with Crippen molar-refractivity contribution in [1.29, 1.82) is 0 Å². The highest BCUT2D eigenvalue weighted by Crippen LogP contribution is 2.21. The van der Waals surface area contributed by atoms with Gasteiger partial charge in [0.15, 0.2) is 12.1 Å². The smallest absolute Gasteiger partial charge is 0.180 e. The van der Waals surface area contributed by atoms with Crippen molar-refractivity contribution in [2.45, 2.75) is 46.3 Å². The summed E-state index contributed by atoms with van der Waals surface area (Å²) in [5, 5.41) is 0. The highest BCUT2D eigenvalue weighted by molar-refractivity contribution is 5.90. The van der Waals surface area contributed by atoms with E-state index >= 15 is 0 Å². The zero-order chi connectivity index (χ0) is 14.1. The molecule has 1 rings (SSSR count). The Balaban J connectivity index is 2.29. The molecule has 1 aliphatic heterocycles. The summed E-state index contributed by atoms with van der Waals surface area (Å²) >= 11 is 0. The minimum Gasteiger partial charge on any atom is -0.374 e. The lowest BCUT2D eigenvalue weighted by atomic mass is 9.94. The molecule has 1 saturated heterocycles. The third-order valence-corrected chi connectivity index (χ3v) is 2.95. The summed E-state index contributed by atoms with van der Waals surface area (Å²) in [5.74, 6) is -0.0103. The fourth-order valence-electron chi connectivity index (χ4n) is 1.77. The van der Waals surface area contributed by atoms with Crippen LogP contribution in [0.25, 0.3) is 0 Å². The molecule has 1 unspecified atom stereocenters. The van der Waals surface area contributed by atoms with Crippen molar-refractivity contribution in [2.24, 2.45) is 5.41 Å². The summed E-state index contributed by atoms with van der Waals surface area (Å²) < 4.78 is 16.3. The maximum Gasteiger partial charge on any atom is 0.180 e. The van der Waals surface area contributed by atoms with Gasteiger partial charge in [0.25, 0.3) is 0 Å². The molecule has 0 spiro atoms. The Morgan fingerprint density at radius 3 is 2.84 bits per heavy atom. The predicted molar refractivity (Wildman–Crippen MR) is 74.0 cm³/mol. The molecule has 4 heteroatoms. The predicted octanol–water partition coefficient (Wildman–Crippen LogP) is 2.72. The Morgan fingerprint density at radius 2 is 2.21 bits per heavy atom. The van der Waals surface area contributed by atoms with Crippen molar-refractivity contribution in [3.8, 4) is 0 Å². The molecule has 19 heavy (non-hydrogen) atoms. The van der Waals surface area contributed by atoms with Gasteiger partial charge in [0.2, 0.25) is 0 Å². The molecule has 0 aromatic rings. The molecule has 0 aliphatic carbocycles. The molecule has 0 amide bonds. The molecule has 1 atom stereocenters. The van der Waals surface area contributed by atoms with Crippen LogP contribution in [0.4, 0.5) is 0 Å². The molecule has 0 aromatic carbocycles. The van der Waals surface area contributed by atoms with Crippen LogP contribution < -0.4 is 0 Å². The maximum absolute atomic E-state index is 11.5. The van der Waals surface area contributed by atoms with Crippen molar-refractivity contribution >= 4 is 5.78 Å². The number of ether oxygens (including phenoxy) is 3. The van der Waals surface area contributed by atoms with E-state index in [1.807, 2.05) is 26.8 Å². The van der Waals surface area contributed by atoms with Gasteiger partial charge in [-0.3, -0.25) is 4.79 Å². The summed E-state index contributed by atoms with van der Waals surface area (Å²) in [6, 6.07) is 0. The minimum absolute atomic E-state index is 0.0103. The third kappa shape index (κ3) is 7.45. The summed E-state index contributed by atoms with van der Waals surface area (Å²) in [6.07, 6.45) is 6.63. The highest BCUT2D eigenvalue weighted by atomic mass is 16.7. The first-order chi connectivity index (χ1) is 9.03. The summed E-state index contributed by atoms with van der Waals surface area (Å²) in [5.41, 5.74) is -0.178. The van der Waals surface area contributed by atoms with E-state index in [0.717, 1.165) is 25.9 Å². The van der Waals surface area contributed by atoms with Gasteiger partial charge in [-0.05, 0) is 32.3 Å². The highest BCUT2D eigenvalue weighted by Gasteiger charge is 2.20. The molecule has 1 fully saturated rings. The zero-order valence-corrected chi connectivity index (χ0v) is 12.3. The van der Waals surface area contributed by atoms with Crippen LogP contribution in [-0.2, 0) is 19.0 Å². The van der Waals surface area contributed by atoms with E-state index in [1.54, 1.807) is 6.08 Å². The van der Waals surface area contributed by atoms with E-state index in [0.29, 0.717) is 13.2 Å². The van der Waals surface area contributed by atoms with Gasteiger partial charge in [-0.25, -0.2) is 0 Å². The third-order valence-electron chi connectivity index (χ3n) is 2.95. The zero-order valence-electron chi connectivity index (χ0n) is 12.3.